The number of thiophene rings is 1. The Morgan fingerprint density at radius 3 is 2.58 bits per heavy atom. The van der Waals surface area contributed by atoms with E-state index in [2.05, 4.69) is 20.3 Å². The van der Waals surface area contributed by atoms with E-state index >= 15 is 0 Å². The van der Waals surface area contributed by atoms with Crippen LogP contribution >= 0.6 is 11.3 Å². The average Bonchev–Trinajstić information content (AvgIpc) is 3.26. The van der Waals surface area contributed by atoms with Gasteiger partial charge in [0.15, 0.2) is 5.82 Å². The van der Waals surface area contributed by atoms with Crippen LogP contribution in [0.5, 0.6) is 0 Å². The summed E-state index contributed by atoms with van der Waals surface area (Å²) in [5, 5.41) is 5.11. The summed E-state index contributed by atoms with van der Waals surface area (Å²) in [4.78, 5) is 24.5. The van der Waals surface area contributed by atoms with Crippen molar-refractivity contribution in [1.82, 2.24) is 15.0 Å². The van der Waals surface area contributed by atoms with Crippen molar-refractivity contribution in [3.8, 4) is 11.4 Å². The highest BCUT2D eigenvalue weighted by Gasteiger charge is 2.30. The SMILES string of the molecule is NC(=O)c1cc(-c2nc(NC[C@@H](N)Cc3ccc(C(F)(F)F)cc3)c3sccc3n2)ccn1. The Morgan fingerprint density at radius 2 is 1.88 bits per heavy atom. The zero-order valence-corrected chi connectivity index (χ0v) is 18.0. The molecule has 0 aliphatic heterocycles. The molecule has 4 rings (SSSR count). The summed E-state index contributed by atoms with van der Waals surface area (Å²) >= 11 is 1.46. The van der Waals surface area contributed by atoms with Gasteiger partial charge in [-0.15, -0.1) is 11.3 Å². The molecular weight excluding hydrogens is 453 g/mol. The first-order chi connectivity index (χ1) is 15.7. The van der Waals surface area contributed by atoms with Crippen LogP contribution < -0.4 is 16.8 Å². The fourth-order valence-corrected chi connectivity index (χ4v) is 4.05. The molecular formula is C22H19F3N6OS. The smallest absolute Gasteiger partial charge is 0.367 e. The molecule has 0 saturated carbocycles. The summed E-state index contributed by atoms with van der Waals surface area (Å²) in [5.41, 5.74) is 13.0. The van der Waals surface area contributed by atoms with Gasteiger partial charge in [0, 0.05) is 24.3 Å². The minimum absolute atomic E-state index is 0.106. The number of hydrogen-bond donors (Lipinski definition) is 3. The molecule has 1 amide bonds. The molecule has 0 fully saturated rings. The van der Waals surface area contributed by atoms with Gasteiger partial charge in [-0.3, -0.25) is 9.78 Å². The first-order valence-electron chi connectivity index (χ1n) is 9.88. The van der Waals surface area contributed by atoms with E-state index in [-0.39, 0.29) is 11.7 Å². The van der Waals surface area contributed by atoms with Crippen molar-refractivity contribution in [3.05, 3.63) is 70.9 Å². The largest absolute Gasteiger partial charge is 0.416 e. The molecule has 0 spiro atoms. The molecule has 3 heterocycles. The van der Waals surface area contributed by atoms with E-state index in [1.54, 1.807) is 6.07 Å². The summed E-state index contributed by atoms with van der Waals surface area (Å²) in [5.74, 6) is 0.316. The van der Waals surface area contributed by atoms with Crippen molar-refractivity contribution in [1.29, 1.82) is 0 Å². The van der Waals surface area contributed by atoms with Crippen LogP contribution in [0.25, 0.3) is 21.6 Å². The number of hydrogen-bond acceptors (Lipinski definition) is 7. The molecule has 0 aliphatic rings. The Kier molecular flexibility index (Phi) is 6.25. The highest BCUT2D eigenvalue weighted by Crippen LogP contribution is 2.30. The van der Waals surface area contributed by atoms with Gasteiger partial charge in [-0.2, -0.15) is 13.2 Å². The van der Waals surface area contributed by atoms with Crippen LogP contribution in [0.15, 0.2) is 54.0 Å². The highest BCUT2D eigenvalue weighted by atomic mass is 32.1. The molecule has 3 aromatic heterocycles. The number of primary amides is 1. The third-order valence-corrected chi connectivity index (χ3v) is 5.80. The second kappa shape index (κ2) is 9.12. The number of carbonyl (C=O) groups excluding carboxylic acids is 1. The van der Waals surface area contributed by atoms with Gasteiger partial charge in [0.1, 0.15) is 11.5 Å². The summed E-state index contributed by atoms with van der Waals surface area (Å²) < 4.78 is 39.0. The lowest BCUT2D eigenvalue weighted by molar-refractivity contribution is -0.137. The van der Waals surface area contributed by atoms with E-state index < -0.39 is 17.6 Å². The third-order valence-electron chi connectivity index (χ3n) is 4.89. The molecule has 7 nitrogen and oxygen atoms in total. The zero-order valence-electron chi connectivity index (χ0n) is 17.1. The zero-order chi connectivity index (χ0) is 23.6. The normalized spacial score (nSPS) is 12.6. The Morgan fingerprint density at radius 1 is 1.12 bits per heavy atom. The molecule has 1 atom stereocenters. The highest BCUT2D eigenvalue weighted by molar-refractivity contribution is 7.17. The summed E-state index contributed by atoms with van der Waals surface area (Å²) in [6, 6.07) is 9.67. The molecule has 170 valence electrons. The average molecular weight is 472 g/mol. The van der Waals surface area contributed by atoms with Crippen LogP contribution in [0.2, 0.25) is 0 Å². The number of halogens is 3. The molecule has 0 saturated heterocycles. The summed E-state index contributed by atoms with van der Waals surface area (Å²) in [7, 11) is 0. The number of amides is 1. The number of carbonyl (C=O) groups is 1. The predicted octanol–water partition coefficient (Wildman–Crippen LogP) is 3.85. The fourth-order valence-electron chi connectivity index (χ4n) is 3.25. The van der Waals surface area contributed by atoms with Crippen LogP contribution in [0.1, 0.15) is 21.6 Å². The molecule has 0 unspecified atom stereocenters. The van der Waals surface area contributed by atoms with Crippen LogP contribution in [0, 0.1) is 0 Å². The molecule has 33 heavy (non-hydrogen) atoms. The van der Waals surface area contributed by atoms with Gasteiger partial charge in [0.05, 0.1) is 15.8 Å². The fraction of sp³-hybridized carbons (Fsp3) is 0.182. The monoisotopic (exact) mass is 472 g/mol. The van der Waals surface area contributed by atoms with Crippen molar-refractivity contribution in [2.75, 3.05) is 11.9 Å². The third kappa shape index (κ3) is 5.26. The molecule has 11 heteroatoms. The maximum Gasteiger partial charge on any atom is 0.416 e. The van der Waals surface area contributed by atoms with Crippen molar-refractivity contribution in [2.24, 2.45) is 11.5 Å². The van der Waals surface area contributed by atoms with Crippen molar-refractivity contribution >= 4 is 33.3 Å². The van der Waals surface area contributed by atoms with Gasteiger partial charge >= 0.3 is 6.18 Å². The number of rotatable bonds is 7. The number of aromatic nitrogens is 3. The Hall–Kier alpha value is -3.57. The maximum absolute atomic E-state index is 12.7. The minimum Gasteiger partial charge on any atom is -0.367 e. The molecule has 0 bridgehead atoms. The number of nitrogens with two attached hydrogens (primary N) is 2. The summed E-state index contributed by atoms with van der Waals surface area (Å²) in [6.45, 7) is 0.341. The predicted molar refractivity (Wildman–Crippen MR) is 121 cm³/mol. The van der Waals surface area contributed by atoms with E-state index in [0.29, 0.717) is 35.7 Å². The molecule has 5 N–H and O–H groups in total. The van der Waals surface area contributed by atoms with Gasteiger partial charge in [0.25, 0.3) is 5.91 Å². The Balaban J connectivity index is 1.51. The lowest BCUT2D eigenvalue weighted by Gasteiger charge is -2.15. The van der Waals surface area contributed by atoms with E-state index in [4.69, 9.17) is 11.5 Å². The van der Waals surface area contributed by atoms with Gasteiger partial charge in [-0.1, -0.05) is 12.1 Å². The second-order valence-electron chi connectivity index (χ2n) is 7.36. The first kappa shape index (κ1) is 22.6. The number of nitrogens with zero attached hydrogens (tertiary/aromatic N) is 3. The Labute approximate surface area is 190 Å². The second-order valence-corrected chi connectivity index (χ2v) is 8.28. The first-order valence-corrected chi connectivity index (χ1v) is 10.8. The summed E-state index contributed by atoms with van der Waals surface area (Å²) in [6.07, 6.45) is -2.52. The van der Waals surface area contributed by atoms with Gasteiger partial charge < -0.3 is 16.8 Å². The van der Waals surface area contributed by atoms with E-state index in [1.807, 2.05) is 11.4 Å². The van der Waals surface area contributed by atoms with Crippen molar-refractivity contribution in [3.63, 3.8) is 0 Å². The quantitative estimate of drug-likeness (QED) is 0.376. The van der Waals surface area contributed by atoms with E-state index in [9.17, 15) is 18.0 Å². The van der Waals surface area contributed by atoms with Crippen LogP contribution in [0.4, 0.5) is 19.0 Å². The Bertz CT molecular complexity index is 1290. The van der Waals surface area contributed by atoms with Crippen LogP contribution in [-0.2, 0) is 12.6 Å². The number of benzene rings is 1. The van der Waals surface area contributed by atoms with Crippen molar-refractivity contribution in [2.45, 2.75) is 18.6 Å². The van der Waals surface area contributed by atoms with Crippen LogP contribution in [0.3, 0.4) is 0 Å². The molecule has 0 radical (unpaired) electrons. The maximum atomic E-state index is 12.7. The number of pyridine rings is 1. The number of anilines is 1. The molecule has 1 aromatic carbocycles. The molecule has 4 aromatic rings. The number of fused-ring (bicyclic) bond motifs is 1. The van der Waals surface area contributed by atoms with E-state index in [1.165, 1.54) is 35.7 Å². The van der Waals surface area contributed by atoms with Gasteiger partial charge in [-0.05, 0) is 47.7 Å². The topological polar surface area (TPSA) is 120 Å². The standard InChI is InChI=1S/C22H19F3N6OS/c23-22(24,25)14-3-1-12(2-4-14)9-15(26)11-29-21-18-16(6-8-33-18)30-20(31-21)13-5-7-28-17(10-13)19(27)32/h1-8,10,15H,9,11,26H2,(H2,27,32)(H,29,30,31)/t15-/m0/s1. The van der Waals surface area contributed by atoms with Crippen molar-refractivity contribution < 1.29 is 18.0 Å². The van der Waals surface area contributed by atoms with Gasteiger partial charge in [-0.25, -0.2) is 9.97 Å². The molecule has 0 aliphatic carbocycles. The number of alkyl halides is 3. The van der Waals surface area contributed by atoms with Gasteiger partial charge in [0.2, 0.25) is 0 Å². The van der Waals surface area contributed by atoms with Crippen LogP contribution in [-0.4, -0.2) is 33.4 Å². The van der Waals surface area contributed by atoms with E-state index in [0.717, 1.165) is 22.3 Å². The number of nitrogens with one attached hydrogen (secondary N) is 1. The minimum atomic E-state index is -4.37. The lowest BCUT2D eigenvalue weighted by Crippen LogP contribution is -2.31. The lowest BCUT2D eigenvalue weighted by atomic mass is 10.0.